The van der Waals surface area contributed by atoms with Crippen molar-refractivity contribution in [3.63, 3.8) is 0 Å². The zero-order valence-electron chi connectivity index (χ0n) is 14.4. The Morgan fingerprint density at radius 2 is 1.85 bits per heavy atom. The van der Waals surface area contributed by atoms with Crippen molar-refractivity contribution in [3.05, 3.63) is 63.7 Å². The third-order valence-corrected chi connectivity index (χ3v) is 3.41. The van der Waals surface area contributed by atoms with E-state index in [1.165, 1.54) is 18.2 Å². The van der Waals surface area contributed by atoms with Crippen molar-refractivity contribution in [2.45, 2.75) is 13.8 Å². The predicted molar refractivity (Wildman–Crippen MR) is 94.4 cm³/mol. The molecule has 8 nitrogen and oxygen atoms in total. The van der Waals surface area contributed by atoms with Crippen LogP contribution in [0.15, 0.2) is 42.5 Å². The van der Waals surface area contributed by atoms with Gasteiger partial charge in [-0.2, -0.15) is 0 Å². The number of amides is 1. The maximum atomic E-state index is 12.0. The van der Waals surface area contributed by atoms with Gasteiger partial charge in [-0.15, -0.1) is 0 Å². The number of carbonyl (C=O) groups excluding carboxylic acids is 2. The van der Waals surface area contributed by atoms with Gasteiger partial charge in [0.1, 0.15) is 5.75 Å². The van der Waals surface area contributed by atoms with E-state index in [-0.39, 0.29) is 18.9 Å². The predicted octanol–water partition coefficient (Wildman–Crippen LogP) is 3.10. The molecule has 2 aromatic carbocycles. The fraction of sp³-hybridized carbons (Fsp3) is 0.222. The Bertz CT molecular complexity index is 817. The average molecular weight is 358 g/mol. The van der Waals surface area contributed by atoms with E-state index in [0.29, 0.717) is 22.6 Å². The van der Waals surface area contributed by atoms with Gasteiger partial charge in [0.25, 0.3) is 11.6 Å². The highest BCUT2D eigenvalue weighted by molar-refractivity contribution is 5.93. The highest BCUT2D eigenvalue weighted by Crippen LogP contribution is 2.23. The number of carbonyl (C=O) groups is 2. The molecule has 0 fully saturated rings. The number of hydrogen-bond donors (Lipinski definition) is 1. The first kappa shape index (κ1) is 18.9. The molecule has 1 amide bonds. The molecule has 0 radical (unpaired) electrons. The van der Waals surface area contributed by atoms with E-state index in [1.54, 1.807) is 38.1 Å². The zero-order valence-corrected chi connectivity index (χ0v) is 14.4. The van der Waals surface area contributed by atoms with Gasteiger partial charge >= 0.3 is 5.97 Å². The first-order valence-corrected chi connectivity index (χ1v) is 7.85. The lowest BCUT2D eigenvalue weighted by Crippen LogP contribution is -2.20. The summed E-state index contributed by atoms with van der Waals surface area (Å²) in [4.78, 5) is 33.7. The Morgan fingerprint density at radius 3 is 2.42 bits per heavy atom. The number of non-ortho nitro benzene ring substituents is 1. The number of rotatable bonds is 7. The van der Waals surface area contributed by atoms with Crippen LogP contribution in [-0.4, -0.2) is 30.0 Å². The van der Waals surface area contributed by atoms with Crippen molar-refractivity contribution in [3.8, 4) is 5.75 Å². The van der Waals surface area contributed by atoms with Crippen LogP contribution in [0.25, 0.3) is 0 Å². The lowest BCUT2D eigenvalue weighted by molar-refractivity contribution is -0.384. The Hall–Kier alpha value is -3.42. The van der Waals surface area contributed by atoms with E-state index in [9.17, 15) is 19.7 Å². The number of nitrogens with one attached hydrogen (secondary N) is 1. The first-order chi connectivity index (χ1) is 12.4. The molecule has 0 bridgehead atoms. The fourth-order valence-corrected chi connectivity index (χ4v) is 2.15. The second-order valence-electron chi connectivity index (χ2n) is 5.34. The Kier molecular flexibility index (Phi) is 6.26. The molecular formula is C18H18N2O6. The Labute approximate surface area is 149 Å². The van der Waals surface area contributed by atoms with Gasteiger partial charge in [-0.05, 0) is 49.7 Å². The molecule has 0 spiro atoms. The first-order valence-electron chi connectivity index (χ1n) is 7.85. The standard InChI is InChI=1S/C18H18N2O6/c1-3-25-18(22)13-4-6-14(7-5-13)19-17(21)11-26-16-9-8-15(20(23)24)10-12(16)2/h4-10H,3,11H2,1-2H3,(H,19,21). The number of anilines is 1. The van der Waals surface area contributed by atoms with E-state index >= 15 is 0 Å². The highest BCUT2D eigenvalue weighted by atomic mass is 16.6. The van der Waals surface area contributed by atoms with Crippen LogP contribution < -0.4 is 10.1 Å². The molecule has 26 heavy (non-hydrogen) atoms. The van der Waals surface area contributed by atoms with Crippen LogP contribution in [0.4, 0.5) is 11.4 Å². The Balaban J connectivity index is 1.91. The summed E-state index contributed by atoms with van der Waals surface area (Å²) in [5.74, 6) is -0.433. The van der Waals surface area contributed by atoms with E-state index in [2.05, 4.69) is 5.32 Å². The van der Waals surface area contributed by atoms with Gasteiger partial charge in [-0.25, -0.2) is 4.79 Å². The van der Waals surface area contributed by atoms with Gasteiger partial charge in [-0.1, -0.05) is 0 Å². The zero-order chi connectivity index (χ0) is 19.1. The van der Waals surface area contributed by atoms with Crippen molar-refractivity contribution >= 4 is 23.3 Å². The molecule has 0 atom stereocenters. The average Bonchev–Trinajstić information content (AvgIpc) is 2.61. The second-order valence-corrected chi connectivity index (χ2v) is 5.34. The summed E-state index contributed by atoms with van der Waals surface area (Å²) in [7, 11) is 0. The van der Waals surface area contributed by atoms with Crippen LogP contribution in [0.5, 0.6) is 5.75 Å². The van der Waals surface area contributed by atoms with E-state index in [0.717, 1.165) is 0 Å². The molecule has 0 saturated heterocycles. The van der Waals surface area contributed by atoms with Gasteiger partial charge < -0.3 is 14.8 Å². The van der Waals surface area contributed by atoms with Crippen molar-refractivity contribution in [2.75, 3.05) is 18.5 Å². The summed E-state index contributed by atoms with van der Waals surface area (Å²) in [6.45, 7) is 3.42. The molecule has 8 heteroatoms. The summed E-state index contributed by atoms with van der Waals surface area (Å²) in [6.07, 6.45) is 0. The van der Waals surface area contributed by atoms with E-state index in [4.69, 9.17) is 9.47 Å². The maximum absolute atomic E-state index is 12.0. The van der Waals surface area contributed by atoms with Crippen molar-refractivity contribution in [1.29, 1.82) is 0 Å². The number of hydrogen-bond acceptors (Lipinski definition) is 6. The van der Waals surface area contributed by atoms with Crippen LogP contribution >= 0.6 is 0 Å². The molecule has 1 N–H and O–H groups in total. The van der Waals surface area contributed by atoms with Gasteiger partial charge in [0.15, 0.2) is 6.61 Å². The van der Waals surface area contributed by atoms with Gasteiger partial charge in [0.2, 0.25) is 0 Å². The molecule has 2 rings (SSSR count). The molecule has 136 valence electrons. The smallest absolute Gasteiger partial charge is 0.338 e. The SMILES string of the molecule is CCOC(=O)c1ccc(NC(=O)COc2ccc([N+](=O)[O-])cc2C)cc1. The molecule has 0 unspecified atom stereocenters. The summed E-state index contributed by atoms with van der Waals surface area (Å²) in [5.41, 5.74) is 1.42. The minimum absolute atomic E-state index is 0.0407. The molecule has 2 aromatic rings. The molecule has 0 saturated carbocycles. The maximum Gasteiger partial charge on any atom is 0.338 e. The minimum atomic E-state index is -0.497. The highest BCUT2D eigenvalue weighted by Gasteiger charge is 2.11. The quantitative estimate of drug-likeness (QED) is 0.463. The van der Waals surface area contributed by atoms with Crippen molar-refractivity contribution < 1.29 is 24.0 Å². The third kappa shape index (κ3) is 5.04. The normalized spacial score (nSPS) is 10.1. The number of nitrogens with zero attached hydrogens (tertiary/aromatic N) is 1. The summed E-state index contributed by atoms with van der Waals surface area (Å²) < 4.78 is 10.3. The van der Waals surface area contributed by atoms with Crippen LogP contribution in [0.1, 0.15) is 22.8 Å². The number of nitro groups is 1. The molecule has 0 aliphatic carbocycles. The number of benzene rings is 2. The molecule has 0 aromatic heterocycles. The van der Waals surface area contributed by atoms with Crippen molar-refractivity contribution in [1.82, 2.24) is 0 Å². The topological polar surface area (TPSA) is 108 Å². The molecule has 0 aliphatic rings. The van der Waals surface area contributed by atoms with Gasteiger partial charge in [0, 0.05) is 17.8 Å². The lowest BCUT2D eigenvalue weighted by Gasteiger charge is -2.10. The number of esters is 1. The third-order valence-electron chi connectivity index (χ3n) is 3.41. The molecule has 0 heterocycles. The molecule has 0 aliphatic heterocycles. The van der Waals surface area contributed by atoms with Crippen molar-refractivity contribution in [2.24, 2.45) is 0 Å². The molecular weight excluding hydrogens is 340 g/mol. The van der Waals surface area contributed by atoms with Gasteiger partial charge in [0.05, 0.1) is 17.1 Å². The summed E-state index contributed by atoms with van der Waals surface area (Å²) in [6, 6.07) is 10.4. The van der Waals surface area contributed by atoms with E-state index < -0.39 is 16.8 Å². The monoisotopic (exact) mass is 358 g/mol. The number of ether oxygens (including phenoxy) is 2. The van der Waals surface area contributed by atoms with Gasteiger partial charge in [-0.3, -0.25) is 14.9 Å². The minimum Gasteiger partial charge on any atom is -0.483 e. The van der Waals surface area contributed by atoms with Crippen LogP contribution in [-0.2, 0) is 9.53 Å². The van der Waals surface area contributed by atoms with E-state index in [1.807, 2.05) is 0 Å². The largest absolute Gasteiger partial charge is 0.483 e. The summed E-state index contributed by atoms with van der Waals surface area (Å²) in [5, 5.41) is 13.3. The van der Waals surface area contributed by atoms with Crippen LogP contribution in [0.2, 0.25) is 0 Å². The van der Waals surface area contributed by atoms with Crippen LogP contribution in [0, 0.1) is 17.0 Å². The number of nitro benzene ring substituents is 1. The fourth-order valence-electron chi connectivity index (χ4n) is 2.15. The second kappa shape index (κ2) is 8.61. The van der Waals surface area contributed by atoms with Crippen LogP contribution in [0.3, 0.4) is 0 Å². The lowest BCUT2D eigenvalue weighted by atomic mass is 10.2. The Morgan fingerprint density at radius 1 is 1.15 bits per heavy atom. The number of aryl methyl sites for hydroxylation is 1. The summed E-state index contributed by atoms with van der Waals surface area (Å²) >= 11 is 0.